The molecule has 0 unspecified atom stereocenters. The van der Waals surface area contributed by atoms with Gasteiger partial charge in [-0.25, -0.2) is 0 Å². The molecule has 0 spiro atoms. The van der Waals surface area contributed by atoms with Crippen LogP contribution in [0.4, 0.5) is 5.69 Å². The van der Waals surface area contributed by atoms with Crippen molar-refractivity contribution in [1.82, 2.24) is 4.98 Å². The number of amides is 1. The number of pyridine rings is 1. The number of rotatable bonds is 4. The fourth-order valence-electron chi connectivity index (χ4n) is 3.18. The van der Waals surface area contributed by atoms with Gasteiger partial charge in [0, 0.05) is 18.8 Å². The molecule has 0 aliphatic carbocycles. The SMILES string of the molecule is COc1ccc(N(C)C(=O)c2cc3cc(C)cc(C)c3[nH]c2=O)cc1OC. The molecule has 0 aliphatic rings. The van der Waals surface area contributed by atoms with Gasteiger partial charge in [0.1, 0.15) is 5.56 Å². The molecule has 2 aromatic carbocycles. The fraction of sp³-hybridized carbons (Fsp3) is 0.238. The van der Waals surface area contributed by atoms with E-state index in [0.717, 1.165) is 22.0 Å². The molecule has 27 heavy (non-hydrogen) atoms. The Morgan fingerprint density at radius 1 is 1.00 bits per heavy atom. The predicted octanol–water partition coefficient (Wildman–Crippen LogP) is 3.44. The number of methoxy groups -OCH3 is 2. The van der Waals surface area contributed by atoms with E-state index in [2.05, 4.69) is 4.98 Å². The summed E-state index contributed by atoms with van der Waals surface area (Å²) in [5.41, 5.74) is 3.05. The minimum atomic E-state index is -0.410. The van der Waals surface area contributed by atoms with Crippen LogP contribution in [0.1, 0.15) is 21.5 Å². The summed E-state index contributed by atoms with van der Waals surface area (Å²) >= 11 is 0. The Hall–Kier alpha value is -3.28. The predicted molar refractivity (Wildman–Crippen MR) is 106 cm³/mol. The van der Waals surface area contributed by atoms with Crippen molar-refractivity contribution in [1.29, 1.82) is 0 Å². The first-order chi connectivity index (χ1) is 12.8. The Labute approximate surface area is 157 Å². The van der Waals surface area contributed by atoms with Gasteiger partial charge >= 0.3 is 0 Å². The molecule has 1 aromatic heterocycles. The van der Waals surface area contributed by atoms with Crippen molar-refractivity contribution in [3.8, 4) is 11.5 Å². The molecule has 1 N–H and O–H groups in total. The number of H-pyrrole nitrogens is 1. The van der Waals surface area contributed by atoms with Crippen LogP contribution in [0.25, 0.3) is 10.9 Å². The Morgan fingerprint density at radius 2 is 1.70 bits per heavy atom. The maximum absolute atomic E-state index is 13.0. The third-order valence-electron chi connectivity index (χ3n) is 4.58. The van der Waals surface area contributed by atoms with Crippen molar-refractivity contribution < 1.29 is 14.3 Å². The summed E-state index contributed by atoms with van der Waals surface area (Å²) in [5, 5.41) is 0.830. The van der Waals surface area contributed by atoms with Crippen LogP contribution in [-0.4, -0.2) is 32.2 Å². The summed E-state index contributed by atoms with van der Waals surface area (Å²) in [4.78, 5) is 29.7. The first-order valence-electron chi connectivity index (χ1n) is 8.50. The Kier molecular flexibility index (Phi) is 4.90. The fourth-order valence-corrected chi connectivity index (χ4v) is 3.18. The quantitative estimate of drug-likeness (QED) is 0.768. The number of nitrogens with one attached hydrogen (secondary N) is 1. The maximum atomic E-state index is 13.0. The minimum Gasteiger partial charge on any atom is -0.493 e. The molecule has 0 aliphatic heterocycles. The van der Waals surface area contributed by atoms with E-state index in [-0.39, 0.29) is 5.56 Å². The van der Waals surface area contributed by atoms with Gasteiger partial charge < -0.3 is 19.4 Å². The number of carbonyl (C=O) groups excluding carboxylic acids is 1. The van der Waals surface area contributed by atoms with E-state index in [4.69, 9.17) is 9.47 Å². The highest BCUT2D eigenvalue weighted by atomic mass is 16.5. The van der Waals surface area contributed by atoms with Gasteiger partial charge in [-0.15, -0.1) is 0 Å². The molecule has 0 radical (unpaired) electrons. The first kappa shape index (κ1) is 18.5. The summed E-state index contributed by atoms with van der Waals surface area (Å²) in [6, 6.07) is 10.7. The minimum absolute atomic E-state index is 0.0878. The van der Waals surface area contributed by atoms with E-state index in [1.54, 1.807) is 38.4 Å². The van der Waals surface area contributed by atoms with Crippen LogP contribution in [0.5, 0.6) is 11.5 Å². The van der Waals surface area contributed by atoms with Gasteiger partial charge in [0.05, 0.1) is 19.7 Å². The lowest BCUT2D eigenvalue weighted by atomic mass is 10.0. The standard InChI is InChI=1S/C21H22N2O4/c1-12-8-13(2)19-14(9-12)10-16(20(24)22-19)21(25)23(3)15-6-7-17(26-4)18(11-15)27-5/h6-11H,1-5H3,(H,22,24). The number of aromatic nitrogens is 1. The highest BCUT2D eigenvalue weighted by Gasteiger charge is 2.19. The Bertz CT molecular complexity index is 1090. The van der Waals surface area contributed by atoms with Gasteiger partial charge in [-0.1, -0.05) is 11.6 Å². The van der Waals surface area contributed by atoms with Crippen LogP contribution in [0, 0.1) is 13.8 Å². The van der Waals surface area contributed by atoms with Crippen LogP contribution < -0.4 is 19.9 Å². The van der Waals surface area contributed by atoms with Crippen molar-refractivity contribution in [3.63, 3.8) is 0 Å². The van der Waals surface area contributed by atoms with Crippen molar-refractivity contribution in [2.24, 2.45) is 0 Å². The second-order valence-electron chi connectivity index (χ2n) is 6.46. The largest absolute Gasteiger partial charge is 0.493 e. The van der Waals surface area contributed by atoms with Crippen LogP contribution in [0.2, 0.25) is 0 Å². The molecule has 0 bridgehead atoms. The molecule has 140 valence electrons. The smallest absolute Gasteiger partial charge is 0.263 e. The van der Waals surface area contributed by atoms with Gasteiger partial charge in [-0.3, -0.25) is 9.59 Å². The third-order valence-corrected chi connectivity index (χ3v) is 4.58. The van der Waals surface area contributed by atoms with Crippen LogP contribution in [0.3, 0.4) is 0 Å². The average molecular weight is 366 g/mol. The second kappa shape index (κ2) is 7.15. The lowest BCUT2D eigenvalue weighted by Gasteiger charge is -2.19. The number of aromatic amines is 1. The molecule has 0 saturated heterocycles. The summed E-state index contributed by atoms with van der Waals surface area (Å²) in [5.74, 6) is 0.675. The van der Waals surface area contributed by atoms with Crippen LogP contribution in [0.15, 0.2) is 41.2 Å². The number of ether oxygens (including phenoxy) is 2. The van der Waals surface area contributed by atoms with E-state index in [1.165, 1.54) is 12.0 Å². The molecule has 1 amide bonds. The number of carbonyl (C=O) groups is 1. The highest BCUT2D eigenvalue weighted by Crippen LogP contribution is 2.31. The molecule has 6 heteroatoms. The lowest BCUT2D eigenvalue weighted by molar-refractivity contribution is 0.0991. The molecular formula is C21H22N2O4. The summed E-state index contributed by atoms with van der Waals surface area (Å²) in [6.07, 6.45) is 0. The number of anilines is 1. The molecule has 6 nitrogen and oxygen atoms in total. The van der Waals surface area contributed by atoms with Gasteiger partial charge in [0.25, 0.3) is 11.5 Å². The highest BCUT2D eigenvalue weighted by molar-refractivity contribution is 6.07. The van der Waals surface area contributed by atoms with E-state index in [9.17, 15) is 9.59 Å². The average Bonchev–Trinajstić information content (AvgIpc) is 2.66. The van der Waals surface area contributed by atoms with E-state index < -0.39 is 11.5 Å². The zero-order valence-electron chi connectivity index (χ0n) is 16.0. The van der Waals surface area contributed by atoms with Gasteiger partial charge in [0.2, 0.25) is 0 Å². The van der Waals surface area contributed by atoms with Crippen LogP contribution >= 0.6 is 0 Å². The zero-order chi connectivity index (χ0) is 19.7. The van der Waals surface area contributed by atoms with E-state index in [0.29, 0.717) is 17.2 Å². The van der Waals surface area contributed by atoms with Gasteiger partial charge in [-0.2, -0.15) is 0 Å². The number of fused-ring (bicyclic) bond motifs is 1. The van der Waals surface area contributed by atoms with E-state index >= 15 is 0 Å². The molecule has 0 fully saturated rings. The van der Waals surface area contributed by atoms with Crippen molar-refractivity contribution in [2.75, 3.05) is 26.2 Å². The lowest BCUT2D eigenvalue weighted by Crippen LogP contribution is -2.31. The third kappa shape index (κ3) is 3.38. The molecule has 0 saturated carbocycles. The molecule has 0 atom stereocenters. The summed E-state index contributed by atoms with van der Waals surface area (Å²) < 4.78 is 10.5. The molecular weight excluding hydrogens is 344 g/mol. The maximum Gasteiger partial charge on any atom is 0.263 e. The number of nitrogens with zero attached hydrogens (tertiary/aromatic N) is 1. The molecule has 1 heterocycles. The zero-order valence-corrected chi connectivity index (χ0v) is 16.0. The van der Waals surface area contributed by atoms with Crippen molar-refractivity contribution in [3.05, 3.63) is 63.4 Å². The Morgan fingerprint density at radius 3 is 2.37 bits per heavy atom. The van der Waals surface area contributed by atoms with Gasteiger partial charge in [-0.05, 0) is 49.1 Å². The number of benzene rings is 2. The van der Waals surface area contributed by atoms with Gasteiger partial charge in [0.15, 0.2) is 11.5 Å². The number of hydrogen-bond acceptors (Lipinski definition) is 4. The first-order valence-corrected chi connectivity index (χ1v) is 8.50. The van der Waals surface area contributed by atoms with Crippen molar-refractivity contribution >= 4 is 22.5 Å². The summed E-state index contributed by atoms with van der Waals surface area (Å²) in [6.45, 7) is 3.91. The molecule has 3 aromatic rings. The Balaban J connectivity index is 2.05. The summed E-state index contributed by atoms with van der Waals surface area (Å²) in [7, 11) is 4.70. The van der Waals surface area contributed by atoms with Crippen LogP contribution in [-0.2, 0) is 0 Å². The number of aryl methyl sites for hydroxylation is 2. The number of hydrogen-bond donors (Lipinski definition) is 1. The monoisotopic (exact) mass is 366 g/mol. The second-order valence-corrected chi connectivity index (χ2v) is 6.46. The van der Waals surface area contributed by atoms with E-state index in [1.807, 2.05) is 26.0 Å². The topological polar surface area (TPSA) is 71.6 Å². The normalized spacial score (nSPS) is 10.7. The molecule has 3 rings (SSSR count). The van der Waals surface area contributed by atoms with Crippen molar-refractivity contribution in [2.45, 2.75) is 13.8 Å².